The average Bonchev–Trinajstić information content (AvgIpc) is 3.09. The van der Waals surface area contributed by atoms with Crippen LogP contribution in [-0.2, 0) is 35.1 Å². The molecule has 1 aliphatic heterocycles. The summed E-state index contributed by atoms with van der Waals surface area (Å²) >= 11 is 0. The number of esters is 1. The number of carbonyl (C=O) groups excluding carboxylic acids is 1. The van der Waals surface area contributed by atoms with Gasteiger partial charge in [0.1, 0.15) is 17.5 Å². The van der Waals surface area contributed by atoms with Crippen LogP contribution in [0.4, 0.5) is 0 Å². The highest BCUT2D eigenvalue weighted by molar-refractivity contribution is 7.85. The summed E-state index contributed by atoms with van der Waals surface area (Å²) in [5.74, 6) is 0.000480. The Bertz CT molecular complexity index is 1260. The number of pyridine rings is 1. The number of ether oxygens (including phenoxy) is 2. The van der Waals surface area contributed by atoms with Gasteiger partial charge in [-0.2, -0.15) is 8.42 Å². The molecule has 3 aromatic rings. The van der Waals surface area contributed by atoms with Gasteiger partial charge in [0.05, 0.1) is 25.0 Å². The monoisotopic (exact) mass is 477 g/mol. The molecule has 1 aromatic carbocycles. The SMILES string of the molecule is CCOC(=O)c1c2c(c3c(-c4cccnc4)cn(C)c3c1CO)CNC(C)O2.CS(=O)(=O)O. The van der Waals surface area contributed by atoms with Gasteiger partial charge < -0.3 is 19.1 Å². The molecule has 0 amide bonds. The fourth-order valence-electron chi connectivity index (χ4n) is 3.89. The van der Waals surface area contributed by atoms with E-state index in [1.807, 2.05) is 36.9 Å². The van der Waals surface area contributed by atoms with E-state index in [1.165, 1.54) is 0 Å². The number of aliphatic hydroxyl groups excluding tert-OH is 1. The topological polar surface area (TPSA) is 140 Å². The van der Waals surface area contributed by atoms with Crippen LogP contribution >= 0.6 is 0 Å². The minimum atomic E-state index is -3.67. The predicted molar refractivity (Wildman–Crippen MR) is 122 cm³/mol. The second-order valence-electron chi connectivity index (χ2n) is 7.53. The van der Waals surface area contributed by atoms with Gasteiger partial charge in [0.15, 0.2) is 0 Å². The minimum Gasteiger partial charge on any atom is -0.474 e. The van der Waals surface area contributed by atoms with E-state index >= 15 is 0 Å². The molecule has 0 spiro atoms. The van der Waals surface area contributed by atoms with Crippen molar-refractivity contribution in [3.05, 3.63) is 47.4 Å². The fourth-order valence-corrected chi connectivity index (χ4v) is 3.89. The second-order valence-corrected chi connectivity index (χ2v) is 9.00. The Labute approximate surface area is 191 Å². The van der Waals surface area contributed by atoms with Crippen molar-refractivity contribution in [2.45, 2.75) is 33.2 Å². The Morgan fingerprint density at radius 2 is 2.12 bits per heavy atom. The van der Waals surface area contributed by atoms with E-state index in [4.69, 9.17) is 14.0 Å². The highest BCUT2D eigenvalue weighted by atomic mass is 32.2. The number of carbonyl (C=O) groups is 1. The zero-order chi connectivity index (χ0) is 24.3. The van der Waals surface area contributed by atoms with Crippen LogP contribution in [0.3, 0.4) is 0 Å². The first kappa shape index (κ1) is 24.6. The molecule has 3 heterocycles. The molecule has 33 heavy (non-hydrogen) atoms. The summed E-state index contributed by atoms with van der Waals surface area (Å²) in [6.45, 7) is 4.14. The first-order valence-electron chi connectivity index (χ1n) is 10.2. The predicted octanol–water partition coefficient (Wildman–Crippen LogP) is 2.24. The van der Waals surface area contributed by atoms with Gasteiger partial charge in [-0.25, -0.2) is 4.79 Å². The van der Waals surface area contributed by atoms with Crippen molar-refractivity contribution in [1.82, 2.24) is 14.9 Å². The van der Waals surface area contributed by atoms with Crippen LogP contribution in [0.2, 0.25) is 0 Å². The van der Waals surface area contributed by atoms with E-state index in [-0.39, 0.29) is 19.4 Å². The maximum Gasteiger partial charge on any atom is 0.342 e. The molecule has 1 atom stereocenters. The number of aryl methyl sites for hydroxylation is 1. The smallest absolute Gasteiger partial charge is 0.342 e. The van der Waals surface area contributed by atoms with Gasteiger partial charge >= 0.3 is 5.97 Å². The van der Waals surface area contributed by atoms with Gasteiger partial charge in [-0.3, -0.25) is 14.9 Å². The summed E-state index contributed by atoms with van der Waals surface area (Å²) in [4.78, 5) is 17.0. The molecule has 10 nitrogen and oxygen atoms in total. The molecule has 178 valence electrons. The summed E-state index contributed by atoms with van der Waals surface area (Å²) in [7, 11) is -1.76. The number of hydrogen-bond acceptors (Lipinski definition) is 8. The summed E-state index contributed by atoms with van der Waals surface area (Å²) < 4.78 is 39.1. The lowest BCUT2D eigenvalue weighted by molar-refractivity contribution is 0.0511. The zero-order valence-electron chi connectivity index (χ0n) is 18.8. The maximum atomic E-state index is 12.8. The molecule has 11 heteroatoms. The minimum absolute atomic E-state index is 0.248. The van der Waals surface area contributed by atoms with Gasteiger partial charge in [0, 0.05) is 59.8 Å². The Morgan fingerprint density at radius 3 is 2.70 bits per heavy atom. The van der Waals surface area contributed by atoms with E-state index in [9.17, 15) is 18.3 Å². The van der Waals surface area contributed by atoms with Crippen LogP contribution in [0.5, 0.6) is 5.75 Å². The highest BCUT2D eigenvalue weighted by Gasteiger charge is 2.32. The number of rotatable bonds is 4. The fraction of sp³-hybridized carbons (Fsp3) is 0.364. The molecule has 0 bridgehead atoms. The number of hydrogen-bond donors (Lipinski definition) is 3. The van der Waals surface area contributed by atoms with E-state index in [1.54, 1.807) is 19.3 Å². The van der Waals surface area contributed by atoms with Crippen molar-refractivity contribution >= 4 is 27.0 Å². The molecule has 1 aliphatic rings. The Kier molecular flexibility index (Phi) is 7.38. The van der Waals surface area contributed by atoms with Crippen molar-refractivity contribution in [1.29, 1.82) is 0 Å². The lowest BCUT2D eigenvalue weighted by atomic mass is 9.93. The lowest BCUT2D eigenvalue weighted by Gasteiger charge is -2.28. The van der Waals surface area contributed by atoms with E-state index in [2.05, 4.69) is 10.3 Å². The molecule has 3 N–H and O–H groups in total. The number of benzene rings is 1. The van der Waals surface area contributed by atoms with Crippen LogP contribution in [0.15, 0.2) is 30.7 Å². The largest absolute Gasteiger partial charge is 0.474 e. The molecule has 0 aliphatic carbocycles. The van der Waals surface area contributed by atoms with Crippen LogP contribution in [-0.4, -0.2) is 52.7 Å². The van der Waals surface area contributed by atoms with Crippen LogP contribution < -0.4 is 10.1 Å². The van der Waals surface area contributed by atoms with Crippen LogP contribution in [0.25, 0.3) is 22.0 Å². The van der Waals surface area contributed by atoms with Gasteiger partial charge in [0.25, 0.3) is 10.1 Å². The van der Waals surface area contributed by atoms with Gasteiger partial charge in [0.2, 0.25) is 0 Å². The molecule has 1 unspecified atom stereocenters. The second kappa shape index (κ2) is 9.87. The maximum absolute atomic E-state index is 12.8. The number of fused-ring (bicyclic) bond motifs is 3. The van der Waals surface area contributed by atoms with Crippen molar-refractivity contribution in [2.24, 2.45) is 7.05 Å². The standard InChI is InChI=1S/C21H23N3O4.CH4O3S/c1-4-27-21(26)18-16(11-25)19-17(14-9-23-12(2)28-20(14)18)15(10-24(19)3)13-6-5-7-22-8-13;1-5(2,3)4/h5-8,10,12,23,25H,4,9,11H2,1-3H3;1H3,(H,2,3,4). The molecule has 2 aromatic heterocycles. The van der Waals surface area contributed by atoms with E-state index in [0.29, 0.717) is 29.7 Å². The molecule has 0 radical (unpaired) electrons. The molecule has 4 rings (SSSR count). The van der Waals surface area contributed by atoms with Gasteiger partial charge in [-0.1, -0.05) is 6.07 Å². The number of nitrogens with zero attached hydrogens (tertiary/aromatic N) is 2. The zero-order valence-corrected chi connectivity index (χ0v) is 19.6. The summed E-state index contributed by atoms with van der Waals surface area (Å²) in [6, 6.07) is 3.88. The third-order valence-electron chi connectivity index (χ3n) is 5.04. The quantitative estimate of drug-likeness (QED) is 0.381. The van der Waals surface area contributed by atoms with Crippen molar-refractivity contribution in [3.8, 4) is 16.9 Å². The third kappa shape index (κ3) is 5.33. The van der Waals surface area contributed by atoms with Crippen molar-refractivity contribution in [2.75, 3.05) is 12.9 Å². The molecule has 0 saturated heterocycles. The third-order valence-corrected chi connectivity index (χ3v) is 5.04. The van der Waals surface area contributed by atoms with Crippen molar-refractivity contribution < 1.29 is 32.3 Å². The Hall–Kier alpha value is -2.99. The Balaban J connectivity index is 0.000000555. The Morgan fingerprint density at radius 1 is 1.42 bits per heavy atom. The number of aliphatic hydroxyl groups is 1. The lowest BCUT2D eigenvalue weighted by Crippen LogP contribution is -2.36. The van der Waals surface area contributed by atoms with Gasteiger partial charge in [-0.15, -0.1) is 0 Å². The van der Waals surface area contributed by atoms with Crippen molar-refractivity contribution in [3.63, 3.8) is 0 Å². The summed E-state index contributed by atoms with van der Waals surface area (Å²) in [5.41, 5.74) is 4.43. The highest BCUT2D eigenvalue weighted by Crippen LogP contribution is 2.43. The average molecular weight is 478 g/mol. The normalized spacial score (nSPS) is 15.3. The summed E-state index contributed by atoms with van der Waals surface area (Å²) in [5, 5.41) is 14.4. The van der Waals surface area contributed by atoms with E-state index < -0.39 is 16.1 Å². The van der Waals surface area contributed by atoms with Crippen LogP contribution in [0.1, 0.15) is 35.3 Å². The molecular weight excluding hydrogens is 450 g/mol. The summed E-state index contributed by atoms with van der Waals surface area (Å²) in [6.07, 6.45) is 5.99. The molecule has 0 saturated carbocycles. The molecule has 0 fully saturated rings. The first-order valence-corrected chi connectivity index (χ1v) is 12.1. The van der Waals surface area contributed by atoms with Gasteiger partial charge in [-0.05, 0) is 19.9 Å². The first-order chi connectivity index (χ1) is 15.6. The van der Waals surface area contributed by atoms with E-state index in [0.717, 1.165) is 27.6 Å². The molecular formula is C22H27N3O7S. The van der Waals surface area contributed by atoms with Crippen LogP contribution in [0, 0.1) is 0 Å². The number of nitrogens with one attached hydrogen (secondary N) is 1. The number of aromatic nitrogens is 2.